The highest BCUT2D eigenvalue weighted by Crippen LogP contribution is 2.33. The lowest BCUT2D eigenvalue weighted by Gasteiger charge is -2.21. The number of methoxy groups -OCH3 is 1. The highest BCUT2D eigenvalue weighted by atomic mass is 32.2. The normalized spacial score (nSPS) is 15.0. The maximum absolute atomic E-state index is 13.2. The van der Waals surface area contributed by atoms with Crippen LogP contribution in [0.2, 0.25) is 0 Å². The van der Waals surface area contributed by atoms with Crippen LogP contribution in [-0.4, -0.2) is 67.6 Å². The van der Waals surface area contributed by atoms with Gasteiger partial charge in [0.25, 0.3) is 5.91 Å². The molecule has 0 aliphatic carbocycles. The van der Waals surface area contributed by atoms with Crippen molar-refractivity contribution in [1.82, 2.24) is 14.5 Å². The first kappa shape index (κ1) is 23.9. The number of ether oxygens (including phenoxy) is 2. The second-order valence-corrected chi connectivity index (χ2v) is 10.6. The maximum atomic E-state index is 13.2. The summed E-state index contributed by atoms with van der Waals surface area (Å²) < 4.78 is 37.2. The van der Waals surface area contributed by atoms with Gasteiger partial charge < -0.3 is 19.4 Å². The molecule has 1 N–H and O–H groups in total. The van der Waals surface area contributed by atoms with E-state index in [0.29, 0.717) is 53.4 Å². The summed E-state index contributed by atoms with van der Waals surface area (Å²) in [6, 6.07) is 9.40. The van der Waals surface area contributed by atoms with E-state index >= 15 is 0 Å². The summed E-state index contributed by atoms with van der Waals surface area (Å²) in [6.45, 7) is 3.60. The van der Waals surface area contributed by atoms with Crippen LogP contribution >= 0.6 is 0 Å². The van der Waals surface area contributed by atoms with E-state index in [4.69, 9.17) is 9.47 Å². The van der Waals surface area contributed by atoms with Crippen LogP contribution in [0.3, 0.4) is 0 Å². The van der Waals surface area contributed by atoms with Gasteiger partial charge in [0.15, 0.2) is 11.5 Å². The number of nitrogens with one attached hydrogen (secondary N) is 1. The Morgan fingerprint density at radius 3 is 2.53 bits per heavy atom. The zero-order valence-corrected chi connectivity index (χ0v) is 20.4. The van der Waals surface area contributed by atoms with Crippen molar-refractivity contribution in [2.45, 2.75) is 25.8 Å². The summed E-state index contributed by atoms with van der Waals surface area (Å²) in [5.41, 5.74) is 1.37. The molecule has 4 rings (SSSR count). The van der Waals surface area contributed by atoms with Crippen LogP contribution in [0.5, 0.6) is 11.5 Å². The van der Waals surface area contributed by atoms with Crippen LogP contribution in [0.1, 0.15) is 41.7 Å². The molecule has 0 unspecified atom stereocenters. The van der Waals surface area contributed by atoms with Gasteiger partial charge in [-0.3, -0.25) is 9.36 Å². The summed E-state index contributed by atoms with van der Waals surface area (Å²) >= 11 is 0. The smallest absolute Gasteiger partial charge is 0.327 e. The fraction of sp³-hybridized carbons (Fsp3) is 0.417. The van der Waals surface area contributed by atoms with Crippen molar-refractivity contribution >= 4 is 26.8 Å². The number of amides is 1. The Hall–Kier alpha value is -3.27. The van der Waals surface area contributed by atoms with Crippen LogP contribution in [0.25, 0.3) is 11.0 Å². The number of likely N-dealkylation sites (tertiary alicyclic amines) is 1. The number of para-hydroxylation sites is 1. The number of aromatic amines is 1. The number of aromatic nitrogens is 2. The average molecular weight is 488 g/mol. The summed E-state index contributed by atoms with van der Waals surface area (Å²) in [5.74, 6) is 0.522. The highest BCUT2D eigenvalue weighted by molar-refractivity contribution is 7.90. The molecule has 1 saturated heterocycles. The quantitative estimate of drug-likeness (QED) is 0.523. The van der Waals surface area contributed by atoms with Crippen molar-refractivity contribution in [3.63, 3.8) is 0 Å². The Kier molecular flexibility index (Phi) is 6.70. The third kappa shape index (κ3) is 4.68. The first-order chi connectivity index (χ1) is 16.2. The maximum Gasteiger partial charge on any atom is 0.327 e. The van der Waals surface area contributed by atoms with Gasteiger partial charge in [-0.25, -0.2) is 13.2 Å². The van der Waals surface area contributed by atoms with Crippen LogP contribution in [0.4, 0.5) is 0 Å². The Bertz CT molecular complexity index is 1370. The largest absolute Gasteiger partial charge is 0.493 e. The van der Waals surface area contributed by atoms with Crippen molar-refractivity contribution in [3.05, 3.63) is 58.0 Å². The molecular formula is C24H29N3O6S. The van der Waals surface area contributed by atoms with Gasteiger partial charge in [-0.15, -0.1) is 0 Å². The van der Waals surface area contributed by atoms with E-state index in [0.717, 1.165) is 19.1 Å². The minimum Gasteiger partial charge on any atom is -0.493 e. The molecule has 0 spiro atoms. The number of hydrogen-bond donors (Lipinski definition) is 1. The van der Waals surface area contributed by atoms with E-state index in [9.17, 15) is 18.0 Å². The SMILES string of the molecule is CCOc1cc([C@@H](CS(C)(=O)=O)n2c(=O)[nH]c3c(C(=O)N4CCCC4)cccc32)ccc1OC. The number of sulfone groups is 1. The Morgan fingerprint density at radius 1 is 1.15 bits per heavy atom. The minimum atomic E-state index is -3.48. The van der Waals surface area contributed by atoms with E-state index in [-0.39, 0.29) is 11.7 Å². The van der Waals surface area contributed by atoms with Crippen molar-refractivity contribution in [2.75, 3.05) is 38.8 Å². The van der Waals surface area contributed by atoms with Gasteiger partial charge in [-0.1, -0.05) is 12.1 Å². The van der Waals surface area contributed by atoms with Gasteiger partial charge in [0.1, 0.15) is 9.84 Å². The van der Waals surface area contributed by atoms with E-state index < -0.39 is 21.6 Å². The monoisotopic (exact) mass is 487 g/mol. The fourth-order valence-electron chi connectivity index (χ4n) is 4.50. The highest BCUT2D eigenvalue weighted by Gasteiger charge is 2.27. The fourth-order valence-corrected chi connectivity index (χ4v) is 5.42. The molecule has 34 heavy (non-hydrogen) atoms. The number of imidazole rings is 1. The van der Waals surface area contributed by atoms with Gasteiger partial charge in [-0.05, 0) is 49.6 Å². The third-order valence-electron chi connectivity index (χ3n) is 6.02. The van der Waals surface area contributed by atoms with Crippen LogP contribution < -0.4 is 15.2 Å². The summed E-state index contributed by atoms with van der Waals surface area (Å²) in [4.78, 5) is 30.9. The lowest BCUT2D eigenvalue weighted by molar-refractivity contribution is 0.0794. The average Bonchev–Trinajstić information content (AvgIpc) is 3.44. The van der Waals surface area contributed by atoms with Crippen LogP contribution in [0.15, 0.2) is 41.2 Å². The molecule has 0 radical (unpaired) electrons. The van der Waals surface area contributed by atoms with Gasteiger partial charge in [-0.2, -0.15) is 0 Å². The predicted octanol–water partition coefficient (Wildman–Crippen LogP) is 2.61. The number of H-pyrrole nitrogens is 1. The molecule has 1 aliphatic rings. The lowest BCUT2D eigenvalue weighted by Crippen LogP contribution is -2.28. The minimum absolute atomic E-state index is 0.140. The second-order valence-electron chi connectivity index (χ2n) is 8.45. The number of carbonyl (C=O) groups excluding carboxylic acids is 1. The van der Waals surface area contributed by atoms with Gasteiger partial charge in [0.2, 0.25) is 0 Å². The summed E-state index contributed by atoms with van der Waals surface area (Å²) in [5, 5.41) is 0. The number of rotatable bonds is 8. The molecule has 1 aromatic heterocycles. The number of fused-ring (bicyclic) bond motifs is 1. The second kappa shape index (κ2) is 9.54. The first-order valence-electron chi connectivity index (χ1n) is 11.2. The van der Waals surface area contributed by atoms with Gasteiger partial charge in [0.05, 0.1) is 42.1 Å². The molecule has 1 aliphatic heterocycles. The zero-order valence-electron chi connectivity index (χ0n) is 19.5. The zero-order chi connectivity index (χ0) is 24.5. The van der Waals surface area contributed by atoms with Gasteiger partial charge in [0, 0.05) is 19.3 Å². The number of benzene rings is 2. The van der Waals surface area contributed by atoms with E-state index in [1.54, 1.807) is 41.3 Å². The Labute approximate surface area is 198 Å². The molecule has 182 valence electrons. The van der Waals surface area contributed by atoms with Crippen molar-refractivity contribution in [2.24, 2.45) is 0 Å². The molecule has 0 saturated carbocycles. The van der Waals surface area contributed by atoms with Crippen LogP contribution in [0, 0.1) is 0 Å². The van der Waals surface area contributed by atoms with E-state index in [1.807, 2.05) is 6.92 Å². The molecular weight excluding hydrogens is 458 g/mol. The number of hydrogen-bond acceptors (Lipinski definition) is 6. The van der Waals surface area contributed by atoms with Crippen LogP contribution in [-0.2, 0) is 9.84 Å². The van der Waals surface area contributed by atoms with E-state index in [1.165, 1.54) is 11.7 Å². The molecule has 2 aromatic carbocycles. The molecule has 9 nitrogen and oxygen atoms in total. The first-order valence-corrected chi connectivity index (χ1v) is 13.3. The molecule has 1 amide bonds. The topological polar surface area (TPSA) is 111 Å². The number of carbonyl (C=O) groups is 1. The van der Waals surface area contributed by atoms with Crippen molar-refractivity contribution in [3.8, 4) is 11.5 Å². The third-order valence-corrected chi connectivity index (χ3v) is 6.94. The van der Waals surface area contributed by atoms with Crippen molar-refractivity contribution < 1.29 is 22.7 Å². The van der Waals surface area contributed by atoms with Gasteiger partial charge >= 0.3 is 5.69 Å². The summed E-state index contributed by atoms with van der Waals surface area (Å²) in [7, 11) is -1.96. The standard InChI is InChI=1S/C24H29N3O6S/c1-4-33-21-14-16(10-11-20(21)32-2)19(15-34(3,30)31)27-18-9-7-8-17(22(18)25-24(27)29)23(28)26-12-5-6-13-26/h7-11,14,19H,4-6,12-13,15H2,1-3H3,(H,25,29)/t19-/m1/s1. The molecule has 2 heterocycles. The molecule has 3 aromatic rings. The molecule has 10 heteroatoms. The Morgan fingerprint density at radius 2 is 1.88 bits per heavy atom. The molecule has 0 bridgehead atoms. The molecule has 1 fully saturated rings. The lowest BCUT2D eigenvalue weighted by atomic mass is 10.1. The molecule has 1 atom stereocenters. The summed E-state index contributed by atoms with van der Waals surface area (Å²) in [6.07, 6.45) is 3.04. The van der Waals surface area contributed by atoms with E-state index in [2.05, 4.69) is 4.98 Å². The van der Waals surface area contributed by atoms with Crippen molar-refractivity contribution in [1.29, 1.82) is 0 Å². The number of nitrogens with zero attached hydrogens (tertiary/aromatic N) is 2. The predicted molar refractivity (Wildman–Crippen MR) is 130 cm³/mol. The Balaban J connectivity index is 1.88.